The summed E-state index contributed by atoms with van der Waals surface area (Å²) >= 11 is 5.65. The zero-order valence-electron chi connectivity index (χ0n) is 10.5. The van der Waals surface area contributed by atoms with Crippen LogP contribution in [0.25, 0.3) is 0 Å². The van der Waals surface area contributed by atoms with Gasteiger partial charge in [-0.15, -0.1) is 0 Å². The Bertz CT molecular complexity index is 702. The zero-order chi connectivity index (χ0) is 15.4. The van der Waals surface area contributed by atoms with Crippen LogP contribution in [-0.4, -0.2) is 22.2 Å². The van der Waals surface area contributed by atoms with Crippen LogP contribution in [0.15, 0.2) is 27.8 Å². The number of carbonyl (C=O) groups excluding carboxylic acids is 1. The predicted octanol–water partition coefficient (Wildman–Crippen LogP) is 1.07. The number of hydrogen-bond donors (Lipinski definition) is 3. The lowest BCUT2D eigenvalue weighted by Crippen LogP contribution is -2.30. The first kappa shape index (κ1) is 14.7. The van der Waals surface area contributed by atoms with Crippen molar-refractivity contribution >= 4 is 29.2 Å². The van der Waals surface area contributed by atoms with E-state index in [4.69, 9.17) is 23.1 Å². The Labute approximate surface area is 122 Å². The number of nitrogens with zero attached hydrogens (tertiary/aromatic N) is 3. The molecule has 2 amide bonds. The minimum absolute atomic E-state index is 0.0193. The highest BCUT2D eigenvalue weighted by molar-refractivity contribution is 6.31. The topological polar surface area (TPSA) is 132 Å². The lowest BCUT2D eigenvalue weighted by molar-refractivity contribution is 0.248. The van der Waals surface area contributed by atoms with E-state index in [1.165, 1.54) is 12.1 Å². The Morgan fingerprint density at radius 2 is 2.19 bits per heavy atom. The Morgan fingerprint density at radius 3 is 2.86 bits per heavy atom. The van der Waals surface area contributed by atoms with Crippen molar-refractivity contribution < 1.29 is 13.8 Å². The molecule has 0 unspecified atom stereocenters. The number of carbonyl (C=O) groups is 1. The van der Waals surface area contributed by atoms with E-state index in [-0.39, 0.29) is 28.8 Å². The smallest absolute Gasteiger partial charge is 0.312 e. The van der Waals surface area contributed by atoms with Gasteiger partial charge in [-0.3, -0.25) is 0 Å². The van der Waals surface area contributed by atoms with Crippen molar-refractivity contribution in [2.45, 2.75) is 6.54 Å². The molecule has 0 aliphatic rings. The molecule has 21 heavy (non-hydrogen) atoms. The number of primary amides is 1. The summed E-state index contributed by atoms with van der Waals surface area (Å²) in [7, 11) is 0. The molecule has 0 fully saturated rings. The van der Waals surface area contributed by atoms with Gasteiger partial charge in [0.1, 0.15) is 11.5 Å². The maximum absolute atomic E-state index is 13.0. The average molecular weight is 313 g/mol. The first-order valence-electron chi connectivity index (χ1n) is 5.61. The SMILES string of the molecule is NC(=O)NCc1nonc1C(N)=Nc1ccc(F)c(Cl)c1. The summed E-state index contributed by atoms with van der Waals surface area (Å²) < 4.78 is 17.6. The number of rotatable bonds is 4. The van der Waals surface area contributed by atoms with Crippen LogP contribution in [0.5, 0.6) is 0 Å². The van der Waals surface area contributed by atoms with E-state index in [0.29, 0.717) is 5.69 Å². The van der Waals surface area contributed by atoms with Gasteiger partial charge in [0, 0.05) is 0 Å². The number of nitrogens with one attached hydrogen (secondary N) is 1. The van der Waals surface area contributed by atoms with Gasteiger partial charge in [0.05, 0.1) is 17.3 Å². The van der Waals surface area contributed by atoms with Crippen LogP contribution in [-0.2, 0) is 6.54 Å². The van der Waals surface area contributed by atoms with E-state index in [2.05, 4.69) is 25.3 Å². The van der Waals surface area contributed by atoms with E-state index in [9.17, 15) is 9.18 Å². The third kappa shape index (κ3) is 3.66. The monoisotopic (exact) mass is 312 g/mol. The lowest BCUT2D eigenvalue weighted by atomic mass is 10.3. The number of aromatic nitrogens is 2. The zero-order valence-corrected chi connectivity index (χ0v) is 11.3. The van der Waals surface area contributed by atoms with Crippen LogP contribution in [0.4, 0.5) is 14.9 Å². The molecule has 0 spiro atoms. The fourth-order valence-corrected chi connectivity index (χ4v) is 1.61. The largest absolute Gasteiger partial charge is 0.382 e. The predicted molar refractivity (Wildman–Crippen MR) is 72.5 cm³/mol. The van der Waals surface area contributed by atoms with Crippen LogP contribution in [0, 0.1) is 5.82 Å². The molecule has 0 saturated carbocycles. The van der Waals surface area contributed by atoms with Gasteiger partial charge in [-0.05, 0) is 23.4 Å². The highest BCUT2D eigenvalue weighted by atomic mass is 35.5. The maximum Gasteiger partial charge on any atom is 0.312 e. The van der Waals surface area contributed by atoms with Crippen molar-refractivity contribution in [1.29, 1.82) is 0 Å². The van der Waals surface area contributed by atoms with Gasteiger partial charge in [0.15, 0.2) is 11.5 Å². The molecule has 2 aromatic rings. The van der Waals surface area contributed by atoms with Gasteiger partial charge in [0.2, 0.25) is 0 Å². The minimum Gasteiger partial charge on any atom is -0.382 e. The number of urea groups is 1. The van der Waals surface area contributed by atoms with Crippen molar-refractivity contribution in [1.82, 2.24) is 15.6 Å². The third-order valence-electron chi connectivity index (χ3n) is 2.38. The first-order valence-corrected chi connectivity index (χ1v) is 5.99. The average Bonchev–Trinajstić information content (AvgIpc) is 2.89. The Hall–Kier alpha value is -2.68. The number of amidine groups is 1. The number of hydrogen-bond acceptors (Lipinski definition) is 5. The van der Waals surface area contributed by atoms with Gasteiger partial charge in [-0.2, -0.15) is 0 Å². The first-order chi connectivity index (χ1) is 9.97. The molecule has 8 nitrogen and oxygen atoms in total. The second-order valence-corrected chi connectivity index (χ2v) is 4.28. The van der Waals surface area contributed by atoms with Crippen molar-refractivity contribution in [3.05, 3.63) is 40.4 Å². The summed E-state index contributed by atoms with van der Waals surface area (Å²) in [6.07, 6.45) is 0. The molecule has 1 aromatic heterocycles. The van der Waals surface area contributed by atoms with Crippen molar-refractivity contribution in [2.75, 3.05) is 0 Å². The van der Waals surface area contributed by atoms with Crippen LogP contribution < -0.4 is 16.8 Å². The Kier molecular flexibility index (Phi) is 4.33. The van der Waals surface area contributed by atoms with Crippen LogP contribution in [0.3, 0.4) is 0 Å². The second kappa shape index (κ2) is 6.18. The molecule has 0 aliphatic heterocycles. The summed E-state index contributed by atoms with van der Waals surface area (Å²) in [6.45, 7) is -0.0193. The lowest BCUT2D eigenvalue weighted by Gasteiger charge is -2.01. The summed E-state index contributed by atoms with van der Waals surface area (Å²) in [5.74, 6) is -0.594. The maximum atomic E-state index is 13.0. The highest BCUT2D eigenvalue weighted by Gasteiger charge is 2.14. The van der Waals surface area contributed by atoms with Gasteiger partial charge in [0.25, 0.3) is 0 Å². The van der Waals surface area contributed by atoms with E-state index < -0.39 is 11.8 Å². The fraction of sp³-hybridized carbons (Fsp3) is 0.0909. The fourth-order valence-electron chi connectivity index (χ4n) is 1.43. The second-order valence-electron chi connectivity index (χ2n) is 3.87. The molecule has 0 atom stereocenters. The highest BCUT2D eigenvalue weighted by Crippen LogP contribution is 2.22. The normalized spacial score (nSPS) is 11.4. The molecule has 10 heteroatoms. The van der Waals surface area contributed by atoms with Crippen molar-refractivity contribution in [3.8, 4) is 0 Å². The molecular weight excluding hydrogens is 303 g/mol. The van der Waals surface area contributed by atoms with Gasteiger partial charge < -0.3 is 16.8 Å². The Morgan fingerprint density at radius 1 is 1.43 bits per heavy atom. The molecule has 0 aliphatic carbocycles. The van der Waals surface area contributed by atoms with Gasteiger partial charge in [-0.1, -0.05) is 16.8 Å². The number of amides is 2. The van der Waals surface area contributed by atoms with Crippen LogP contribution in [0.2, 0.25) is 5.02 Å². The van der Waals surface area contributed by atoms with E-state index >= 15 is 0 Å². The van der Waals surface area contributed by atoms with E-state index in [1.54, 1.807) is 0 Å². The van der Waals surface area contributed by atoms with Crippen LogP contribution in [0.1, 0.15) is 11.4 Å². The van der Waals surface area contributed by atoms with Crippen molar-refractivity contribution in [3.63, 3.8) is 0 Å². The molecule has 2 rings (SSSR count). The van der Waals surface area contributed by atoms with Gasteiger partial charge >= 0.3 is 6.03 Å². The molecule has 0 radical (unpaired) electrons. The molecule has 0 bridgehead atoms. The standard InChI is InChI=1S/C11H10ClFN6O2/c12-6-3-5(1-2-7(6)13)17-10(14)9-8(18-21-19-9)4-16-11(15)20/h1-3H,4H2,(H2,14,17)(H3,15,16,20). The number of halogens is 2. The number of nitrogens with two attached hydrogens (primary N) is 2. The quantitative estimate of drug-likeness (QED) is 0.573. The molecule has 0 saturated heterocycles. The van der Waals surface area contributed by atoms with E-state index in [0.717, 1.165) is 6.07 Å². The molecule has 1 heterocycles. The summed E-state index contributed by atoms with van der Waals surface area (Å²) in [5, 5.41) is 9.40. The molecule has 1 aromatic carbocycles. The summed E-state index contributed by atoms with van der Waals surface area (Å²) in [4.78, 5) is 14.7. The summed E-state index contributed by atoms with van der Waals surface area (Å²) in [5.41, 5.74) is 11.4. The van der Waals surface area contributed by atoms with Gasteiger partial charge in [-0.25, -0.2) is 18.8 Å². The van der Waals surface area contributed by atoms with Crippen LogP contribution >= 0.6 is 11.6 Å². The van der Waals surface area contributed by atoms with Crippen molar-refractivity contribution in [2.24, 2.45) is 16.5 Å². The number of aliphatic imine (C=N–C) groups is 1. The van der Waals surface area contributed by atoms with E-state index in [1.807, 2.05) is 0 Å². The Balaban J connectivity index is 2.24. The number of benzene rings is 1. The molecule has 110 valence electrons. The third-order valence-corrected chi connectivity index (χ3v) is 2.67. The summed E-state index contributed by atoms with van der Waals surface area (Å²) in [6, 6.07) is 3.12. The minimum atomic E-state index is -0.732. The molecular formula is C11H10ClFN6O2. The molecule has 5 N–H and O–H groups in total.